The first kappa shape index (κ1) is 21.9. The van der Waals surface area contributed by atoms with Gasteiger partial charge in [0.25, 0.3) is 0 Å². The quantitative estimate of drug-likeness (QED) is 0.516. The zero-order valence-electron chi connectivity index (χ0n) is 17.3. The number of hydrogen-bond donors (Lipinski definition) is 1. The van der Waals surface area contributed by atoms with Crippen LogP contribution >= 0.6 is 11.5 Å². The van der Waals surface area contributed by atoms with Crippen molar-refractivity contribution in [1.82, 2.24) is 14.7 Å². The Morgan fingerprint density at radius 2 is 1.87 bits per heavy atom. The Kier molecular flexibility index (Phi) is 7.90. The van der Waals surface area contributed by atoms with Gasteiger partial charge in [-0.3, -0.25) is 4.79 Å². The van der Waals surface area contributed by atoms with Gasteiger partial charge < -0.3 is 10.2 Å². The second-order valence-corrected chi connectivity index (χ2v) is 7.99. The van der Waals surface area contributed by atoms with Crippen molar-refractivity contribution in [2.75, 3.05) is 11.4 Å². The summed E-state index contributed by atoms with van der Waals surface area (Å²) < 4.78 is 17.6. The van der Waals surface area contributed by atoms with E-state index in [1.165, 1.54) is 23.7 Å². The van der Waals surface area contributed by atoms with E-state index in [0.717, 1.165) is 22.7 Å². The summed E-state index contributed by atoms with van der Waals surface area (Å²) in [5, 5.41) is 3.79. The minimum atomic E-state index is -0.251. The largest absolute Gasteiger partial charge is 0.352 e. The molecule has 0 radical (unpaired) electrons. The van der Waals surface area contributed by atoms with Gasteiger partial charge in [-0.1, -0.05) is 49.4 Å². The predicted molar refractivity (Wildman–Crippen MR) is 119 cm³/mol. The normalized spacial score (nSPS) is 11.8. The zero-order chi connectivity index (χ0) is 21.3. The van der Waals surface area contributed by atoms with Crippen molar-refractivity contribution in [2.24, 2.45) is 0 Å². The van der Waals surface area contributed by atoms with Crippen LogP contribution in [0.2, 0.25) is 0 Å². The molecule has 0 aliphatic carbocycles. The predicted octanol–water partition coefficient (Wildman–Crippen LogP) is 4.58. The van der Waals surface area contributed by atoms with E-state index < -0.39 is 0 Å². The monoisotopic (exact) mass is 426 g/mol. The number of amides is 1. The smallest absolute Gasteiger partial charge is 0.222 e. The molecule has 0 aliphatic heterocycles. The summed E-state index contributed by atoms with van der Waals surface area (Å²) in [5.74, 6) is 0.478. The first-order valence-electron chi connectivity index (χ1n) is 10.2. The van der Waals surface area contributed by atoms with Crippen LogP contribution in [0.1, 0.15) is 43.6 Å². The molecule has 1 aromatic heterocycles. The number of benzene rings is 2. The van der Waals surface area contributed by atoms with Gasteiger partial charge in [-0.2, -0.15) is 4.37 Å². The van der Waals surface area contributed by atoms with Gasteiger partial charge in [0.1, 0.15) is 11.6 Å². The van der Waals surface area contributed by atoms with Crippen molar-refractivity contribution < 1.29 is 9.18 Å². The average molecular weight is 427 g/mol. The van der Waals surface area contributed by atoms with E-state index in [-0.39, 0.29) is 17.8 Å². The molecule has 0 unspecified atom stereocenters. The van der Waals surface area contributed by atoms with Crippen LogP contribution < -0.4 is 10.2 Å². The van der Waals surface area contributed by atoms with Crippen LogP contribution in [-0.2, 0) is 17.8 Å². The Hall–Kier alpha value is -2.80. The fourth-order valence-electron chi connectivity index (χ4n) is 3.05. The summed E-state index contributed by atoms with van der Waals surface area (Å²) in [6.45, 7) is 5.36. The lowest BCUT2D eigenvalue weighted by atomic mass is 10.1. The lowest BCUT2D eigenvalue weighted by molar-refractivity contribution is -0.121. The van der Waals surface area contributed by atoms with Crippen molar-refractivity contribution in [2.45, 2.75) is 45.7 Å². The molecule has 3 rings (SSSR count). The number of nitrogens with one attached hydrogen (secondary N) is 1. The Balaban J connectivity index is 1.58. The Bertz CT molecular complexity index is 930. The molecule has 1 N–H and O–H groups in total. The molecule has 0 spiro atoms. The highest BCUT2D eigenvalue weighted by Gasteiger charge is 2.19. The molecule has 0 saturated carbocycles. The van der Waals surface area contributed by atoms with Crippen LogP contribution in [0.3, 0.4) is 0 Å². The third-order valence-corrected chi connectivity index (χ3v) is 5.80. The van der Waals surface area contributed by atoms with Gasteiger partial charge >= 0.3 is 0 Å². The molecule has 0 saturated heterocycles. The van der Waals surface area contributed by atoms with E-state index >= 15 is 0 Å². The van der Waals surface area contributed by atoms with Crippen molar-refractivity contribution in [3.63, 3.8) is 0 Å². The van der Waals surface area contributed by atoms with Crippen LogP contribution in [0, 0.1) is 5.82 Å². The Labute approximate surface area is 181 Å². The minimum Gasteiger partial charge on any atom is -0.352 e. The second kappa shape index (κ2) is 10.8. The molecule has 1 atom stereocenters. The SMILES string of the molecule is CC[C@@H](C)N(CCC(=O)NCc1ccccc1)c1nc(Cc2ccc(F)cc2)ns1. The highest BCUT2D eigenvalue weighted by molar-refractivity contribution is 7.09. The number of carbonyl (C=O) groups excluding carboxylic acids is 1. The fraction of sp³-hybridized carbons (Fsp3) is 0.348. The maximum Gasteiger partial charge on any atom is 0.222 e. The second-order valence-electron chi connectivity index (χ2n) is 7.26. The van der Waals surface area contributed by atoms with E-state index in [9.17, 15) is 9.18 Å². The molecule has 1 amide bonds. The number of nitrogens with zero attached hydrogens (tertiary/aromatic N) is 3. The zero-order valence-corrected chi connectivity index (χ0v) is 18.2. The number of aromatic nitrogens is 2. The number of anilines is 1. The van der Waals surface area contributed by atoms with Crippen LogP contribution in [-0.4, -0.2) is 27.9 Å². The van der Waals surface area contributed by atoms with Crippen LogP contribution in [0.5, 0.6) is 0 Å². The van der Waals surface area contributed by atoms with Crippen molar-refractivity contribution in [3.05, 3.63) is 77.4 Å². The highest BCUT2D eigenvalue weighted by atomic mass is 32.1. The van der Waals surface area contributed by atoms with E-state index in [2.05, 4.69) is 33.4 Å². The summed E-state index contributed by atoms with van der Waals surface area (Å²) in [6, 6.07) is 16.5. The first-order valence-corrected chi connectivity index (χ1v) is 11.0. The van der Waals surface area contributed by atoms with Crippen molar-refractivity contribution in [3.8, 4) is 0 Å². The topological polar surface area (TPSA) is 58.1 Å². The molecular weight excluding hydrogens is 399 g/mol. The third kappa shape index (κ3) is 6.35. The molecule has 5 nitrogen and oxygen atoms in total. The highest BCUT2D eigenvalue weighted by Crippen LogP contribution is 2.22. The summed E-state index contributed by atoms with van der Waals surface area (Å²) in [5.41, 5.74) is 2.05. The maximum atomic E-state index is 13.1. The van der Waals surface area contributed by atoms with E-state index in [1.807, 2.05) is 30.3 Å². The van der Waals surface area contributed by atoms with Gasteiger partial charge in [-0.05, 0) is 36.6 Å². The van der Waals surface area contributed by atoms with Gasteiger partial charge in [0.2, 0.25) is 11.0 Å². The number of carbonyl (C=O) groups is 1. The Morgan fingerprint density at radius 1 is 1.13 bits per heavy atom. The molecule has 0 aliphatic rings. The van der Waals surface area contributed by atoms with Crippen LogP contribution in [0.25, 0.3) is 0 Å². The minimum absolute atomic E-state index is 0.0169. The first-order chi connectivity index (χ1) is 14.5. The van der Waals surface area contributed by atoms with Crippen molar-refractivity contribution >= 4 is 22.6 Å². The number of hydrogen-bond acceptors (Lipinski definition) is 5. The van der Waals surface area contributed by atoms with Gasteiger partial charge in [-0.15, -0.1) is 0 Å². The van der Waals surface area contributed by atoms with Crippen LogP contribution in [0.4, 0.5) is 9.52 Å². The molecule has 7 heteroatoms. The van der Waals surface area contributed by atoms with Gasteiger partial charge in [0.15, 0.2) is 0 Å². The molecule has 158 valence electrons. The molecule has 2 aromatic carbocycles. The van der Waals surface area contributed by atoms with E-state index in [4.69, 9.17) is 0 Å². The number of halogens is 1. The lowest BCUT2D eigenvalue weighted by Crippen LogP contribution is -2.36. The summed E-state index contributed by atoms with van der Waals surface area (Å²) in [4.78, 5) is 19.2. The summed E-state index contributed by atoms with van der Waals surface area (Å²) in [6.07, 6.45) is 1.89. The number of rotatable bonds is 10. The standard InChI is InChI=1S/C23H27FN4OS/c1-3-17(2)28(14-13-22(29)25-16-19-7-5-4-6-8-19)23-26-21(27-30-23)15-18-9-11-20(24)12-10-18/h4-12,17H,3,13-16H2,1-2H3,(H,25,29)/t17-/m1/s1. The van der Waals surface area contributed by atoms with E-state index in [1.54, 1.807) is 12.1 Å². The third-order valence-electron chi connectivity index (χ3n) is 5.01. The molecule has 3 aromatic rings. The summed E-state index contributed by atoms with van der Waals surface area (Å²) in [7, 11) is 0. The summed E-state index contributed by atoms with van der Waals surface area (Å²) >= 11 is 1.34. The van der Waals surface area contributed by atoms with E-state index in [0.29, 0.717) is 31.8 Å². The lowest BCUT2D eigenvalue weighted by Gasteiger charge is -2.27. The van der Waals surface area contributed by atoms with Gasteiger partial charge in [0, 0.05) is 43.5 Å². The molecule has 1 heterocycles. The molecule has 30 heavy (non-hydrogen) atoms. The molecular formula is C23H27FN4OS. The molecule has 0 bridgehead atoms. The fourth-order valence-corrected chi connectivity index (χ4v) is 3.86. The van der Waals surface area contributed by atoms with Gasteiger partial charge in [-0.25, -0.2) is 9.37 Å². The molecule has 0 fully saturated rings. The maximum absolute atomic E-state index is 13.1. The Morgan fingerprint density at radius 3 is 2.57 bits per heavy atom. The van der Waals surface area contributed by atoms with Crippen LogP contribution in [0.15, 0.2) is 54.6 Å². The average Bonchev–Trinajstić information content (AvgIpc) is 3.22. The van der Waals surface area contributed by atoms with Gasteiger partial charge in [0.05, 0.1) is 0 Å². The van der Waals surface area contributed by atoms with Crippen molar-refractivity contribution in [1.29, 1.82) is 0 Å².